The number of thioether (sulfide) groups is 1. The number of amides is 1. The van der Waals surface area contributed by atoms with Crippen molar-refractivity contribution in [1.29, 1.82) is 0 Å². The first-order chi connectivity index (χ1) is 10.8. The number of rotatable bonds is 5. The zero-order valence-electron chi connectivity index (χ0n) is 13.1. The Morgan fingerprint density at radius 3 is 2.43 bits per heavy atom. The summed E-state index contributed by atoms with van der Waals surface area (Å²) in [5, 5.41) is 4.51. The van der Waals surface area contributed by atoms with Gasteiger partial charge in [-0.25, -0.2) is 9.97 Å². The summed E-state index contributed by atoms with van der Waals surface area (Å²) in [5.74, 6) is 0.172. The van der Waals surface area contributed by atoms with Gasteiger partial charge in [0.05, 0.1) is 21.8 Å². The van der Waals surface area contributed by atoms with Crippen LogP contribution in [0.25, 0.3) is 0 Å². The van der Waals surface area contributed by atoms with Crippen molar-refractivity contribution in [3.63, 3.8) is 0 Å². The Balaban J connectivity index is 1.92. The minimum Gasteiger partial charge on any atom is -0.349 e. The quantitative estimate of drug-likeness (QED) is 0.627. The normalized spacial score (nSPS) is 12.0. The van der Waals surface area contributed by atoms with E-state index in [4.69, 9.17) is 23.2 Å². The number of aromatic nitrogens is 2. The molecule has 1 aromatic heterocycles. The largest absolute Gasteiger partial charge is 0.349 e. The first kappa shape index (κ1) is 18.0. The smallest absolute Gasteiger partial charge is 0.230 e. The molecule has 1 amide bonds. The monoisotopic (exact) mass is 369 g/mol. The van der Waals surface area contributed by atoms with Crippen molar-refractivity contribution < 1.29 is 4.79 Å². The number of benzene rings is 1. The highest BCUT2D eigenvalue weighted by Gasteiger charge is 2.12. The minimum atomic E-state index is -0.155. The Labute approximate surface area is 150 Å². The maximum absolute atomic E-state index is 12.1. The van der Waals surface area contributed by atoms with Crippen LogP contribution in [0, 0.1) is 13.8 Å². The van der Waals surface area contributed by atoms with Gasteiger partial charge >= 0.3 is 0 Å². The molecule has 0 fully saturated rings. The standard InChI is InChI=1S/C16H17Cl2N3OS/c1-9-6-10(2)20-16(19-9)23-8-15(22)21-11(3)12-4-5-13(17)14(18)7-12/h4-7,11H,8H2,1-3H3,(H,21,22). The summed E-state index contributed by atoms with van der Waals surface area (Å²) < 4.78 is 0. The summed E-state index contributed by atoms with van der Waals surface area (Å²) in [6.45, 7) is 5.71. The van der Waals surface area contributed by atoms with Gasteiger partial charge < -0.3 is 5.32 Å². The fourth-order valence-electron chi connectivity index (χ4n) is 2.04. The number of nitrogens with one attached hydrogen (secondary N) is 1. The highest BCUT2D eigenvalue weighted by molar-refractivity contribution is 7.99. The highest BCUT2D eigenvalue weighted by atomic mass is 35.5. The Bertz CT molecular complexity index is 704. The summed E-state index contributed by atoms with van der Waals surface area (Å²) in [7, 11) is 0. The van der Waals surface area contributed by atoms with Crippen molar-refractivity contribution in [3.8, 4) is 0 Å². The molecule has 1 N–H and O–H groups in total. The molecule has 1 aromatic carbocycles. The fourth-order valence-corrected chi connectivity index (χ4v) is 3.10. The second-order valence-corrected chi connectivity index (χ2v) is 6.94. The van der Waals surface area contributed by atoms with Gasteiger partial charge in [0.15, 0.2) is 5.16 Å². The Kier molecular flexibility index (Phi) is 6.27. The lowest BCUT2D eigenvalue weighted by molar-refractivity contribution is -0.119. The zero-order valence-corrected chi connectivity index (χ0v) is 15.4. The van der Waals surface area contributed by atoms with Gasteiger partial charge in [0.25, 0.3) is 0 Å². The molecule has 7 heteroatoms. The second kappa shape index (κ2) is 7.99. The van der Waals surface area contributed by atoms with Crippen molar-refractivity contribution >= 4 is 40.9 Å². The molecule has 0 aliphatic carbocycles. The van der Waals surface area contributed by atoms with E-state index in [2.05, 4.69) is 15.3 Å². The summed E-state index contributed by atoms with van der Waals surface area (Å²) in [5.41, 5.74) is 2.69. The zero-order chi connectivity index (χ0) is 17.0. The number of halogens is 2. The van der Waals surface area contributed by atoms with Crippen molar-refractivity contribution in [2.24, 2.45) is 0 Å². The summed E-state index contributed by atoms with van der Waals surface area (Å²) in [6.07, 6.45) is 0. The number of hydrogen-bond acceptors (Lipinski definition) is 4. The van der Waals surface area contributed by atoms with Crippen molar-refractivity contribution in [3.05, 3.63) is 51.3 Å². The molecular formula is C16H17Cl2N3OS. The molecule has 2 aromatic rings. The molecule has 0 spiro atoms. The van der Waals surface area contributed by atoms with Crippen LogP contribution >= 0.6 is 35.0 Å². The predicted molar refractivity (Wildman–Crippen MR) is 95.2 cm³/mol. The maximum Gasteiger partial charge on any atom is 0.230 e. The third kappa shape index (κ3) is 5.37. The van der Waals surface area contributed by atoms with Gasteiger partial charge in [0, 0.05) is 11.4 Å². The number of nitrogens with zero attached hydrogens (tertiary/aromatic N) is 2. The van der Waals surface area contributed by atoms with Crippen molar-refractivity contribution in [2.45, 2.75) is 32.0 Å². The molecule has 122 valence electrons. The number of hydrogen-bond donors (Lipinski definition) is 1. The molecule has 0 saturated heterocycles. The van der Waals surface area contributed by atoms with E-state index in [-0.39, 0.29) is 17.7 Å². The van der Waals surface area contributed by atoms with Crippen LogP contribution in [0.4, 0.5) is 0 Å². The van der Waals surface area contributed by atoms with Crippen LogP contribution in [-0.4, -0.2) is 21.6 Å². The summed E-state index contributed by atoms with van der Waals surface area (Å²) in [6, 6.07) is 7.07. The van der Waals surface area contributed by atoms with E-state index in [0.29, 0.717) is 15.2 Å². The number of aryl methyl sites for hydroxylation is 2. The lowest BCUT2D eigenvalue weighted by Crippen LogP contribution is -2.28. The van der Waals surface area contributed by atoms with Gasteiger partial charge in [0.2, 0.25) is 5.91 Å². The van der Waals surface area contributed by atoms with Crippen molar-refractivity contribution in [1.82, 2.24) is 15.3 Å². The predicted octanol–water partition coefficient (Wildman–Crippen LogP) is 4.37. The third-order valence-electron chi connectivity index (χ3n) is 3.12. The molecule has 1 heterocycles. The Morgan fingerprint density at radius 1 is 1.17 bits per heavy atom. The summed E-state index contributed by atoms with van der Waals surface area (Å²) >= 11 is 13.2. The molecule has 0 aliphatic heterocycles. The average Bonchev–Trinajstić information content (AvgIpc) is 2.47. The van der Waals surface area contributed by atoms with Crippen LogP contribution in [0.3, 0.4) is 0 Å². The van der Waals surface area contributed by atoms with Crippen LogP contribution in [-0.2, 0) is 4.79 Å². The number of carbonyl (C=O) groups is 1. The van der Waals surface area contributed by atoms with Crippen LogP contribution in [0.15, 0.2) is 29.4 Å². The van der Waals surface area contributed by atoms with Gasteiger partial charge in [-0.15, -0.1) is 0 Å². The van der Waals surface area contributed by atoms with Gasteiger partial charge in [-0.05, 0) is 44.5 Å². The first-order valence-electron chi connectivity index (χ1n) is 7.04. The fraction of sp³-hybridized carbons (Fsp3) is 0.312. The maximum atomic E-state index is 12.1. The summed E-state index contributed by atoms with van der Waals surface area (Å²) in [4.78, 5) is 20.7. The molecule has 2 rings (SSSR count). The molecule has 1 atom stereocenters. The van der Waals surface area contributed by atoms with E-state index in [0.717, 1.165) is 17.0 Å². The topological polar surface area (TPSA) is 54.9 Å². The van der Waals surface area contributed by atoms with E-state index in [1.54, 1.807) is 12.1 Å². The van der Waals surface area contributed by atoms with Gasteiger partial charge in [-0.3, -0.25) is 4.79 Å². The van der Waals surface area contributed by atoms with Gasteiger partial charge in [-0.2, -0.15) is 0 Å². The Hall–Kier alpha value is -1.30. The molecule has 1 unspecified atom stereocenters. The van der Waals surface area contributed by atoms with E-state index >= 15 is 0 Å². The number of carbonyl (C=O) groups excluding carboxylic acids is 1. The van der Waals surface area contributed by atoms with E-state index in [1.165, 1.54) is 11.8 Å². The molecular weight excluding hydrogens is 353 g/mol. The third-order valence-corrected chi connectivity index (χ3v) is 4.70. The lowest BCUT2D eigenvalue weighted by atomic mass is 10.1. The molecule has 23 heavy (non-hydrogen) atoms. The van der Waals surface area contributed by atoms with Crippen molar-refractivity contribution in [2.75, 3.05) is 5.75 Å². The van der Waals surface area contributed by atoms with E-state index in [9.17, 15) is 4.79 Å². The lowest BCUT2D eigenvalue weighted by Gasteiger charge is -2.14. The molecule has 4 nitrogen and oxygen atoms in total. The van der Waals surface area contributed by atoms with E-state index in [1.807, 2.05) is 32.9 Å². The van der Waals surface area contributed by atoms with Crippen LogP contribution in [0.1, 0.15) is 29.9 Å². The average molecular weight is 370 g/mol. The first-order valence-corrected chi connectivity index (χ1v) is 8.78. The second-order valence-electron chi connectivity index (χ2n) is 5.18. The van der Waals surface area contributed by atoms with Gasteiger partial charge in [-0.1, -0.05) is 41.0 Å². The van der Waals surface area contributed by atoms with Crippen LogP contribution in [0.5, 0.6) is 0 Å². The SMILES string of the molecule is Cc1cc(C)nc(SCC(=O)NC(C)c2ccc(Cl)c(Cl)c2)n1. The van der Waals surface area contributed by atoms with Gasteiger partial charge in [0.1, 0.15) is 0 Å². The van der Waals surface area contributed by atoms with Crippen LogP contribution < -0.4 is 5.32 Å². The molecule has 0 bridgehead atoms. The minimum absolute atomic E-state index is 0.0867. The Morgan fingerprint density at radius 2 is 1.83 bits per heavy atom. The molecule has 0 saturated carbocycles. The molecule has 0 aliphatic rings. The highest BCUT2D eigenvalue weighted by Crippen LogP contribution is 2.25. The van der Waals surface area contributed by atoms with Crippen LogP contribution in [0.2, 0.25) is 10.0 Å². The van der Waals surface area contributed by atoms with E-state index < -0.39 is 0 Å². The molecule has 0 radical (unpaired) electrons.